The van der Waals surface area contributed by atoms with Crippen LogP contribution in [0.2, 0.25) is 0 Å². The van der Waals surface area contributed by atoms with Gasteiger partial charge >= 0.3 is 5.97 Å². The highest BCUT2D eigenvalue weighted by atomic mass is 32.1. The lowest BCUT2D eigenvalue weighted by Gasteiger charge is -1.95. The van der Waals surface area contributed by atoms with Crippen molar-refractivity contribution in [1.82, 2.24) is 9.97 Å². The highest BCUT2D eigenvalue weighted by Crippen LogP contribution is 2.25. The lowest BCUT2D eigenvalue weighted by Crippen LogP contribution is -1.90. The van der Waals surface area contributed by atoms with Crippen molar-refractivity contribution < 1.29 is 9.90 Å². The summed E-state index contributed by atoms with van der Waals surface area (Å²) < 4.78 is 0. The molecule has 4 nitrogen and oxygen atoms in total. The number of aromatic nitrogens is 2. The van der Waals surface area contributed by atoms with Crippen molar-refractivity contribution in [2.45, 2.75) is 13.8 Å². The van der Waals surface area contributed by atoms with E-state index in [0.717, 1.165) is 15.9 Å². The van der Waals surface area contributed by atoms with Gasteiger partial charge in [0.05, 0.1) is 0 Å². The van der Waals surface area contributed by atoms with Gasteiger partial charge in [-0.3, -0.25) is 0 Å². The average molecular weight is 208 g/mol. The molecule has 0 aliphatic rings. The standard InChI is InChI=1S/C9H8N2O2S/c1-4-6-3-7(9(12)13)14-8(6)11-5(2)10-4/h3H,1-2H3,(H,12,13). The van der Waals surface area contributed by atoms with Gasteiger partial charge in [0.2, 0.25) is 0 Å². The van der Waals surface area contributed by atoms with Crippen LogP contribution in [0.1, 0.15) is 21.2 Å². The fourth-order valence-electron chi connectivity index (χ4n) is 1.30. The van der Waals surface area contributed by atoms with Gasteiger partial charge < -0.3 is 5.11 Å². The largest absolute Gasteiger partial charge is 0.477 e. The van der Waals surface area contributed by atoms with Crippen molar-refractivity contribution in [3.63, 3.8) is 0 Å². The van der Waals surface area contributed by atoms with E-state index < -0.39 is 5.97 Å². The van der Waals surface area contributed by atoms with Crippen LogP contribution >= 0.6 is 11.3 Å². The number of fused-ring (bicyclic) bond motifs is 1. The van der Waals surface area contributed by atoms with Crippen molar-refractivity contribution in [3.05, 3.63) is 22.5 Å². The highest BCUT2D eigenvalue weighted by molar-refractivity contribution is 7.20. The molecule has 0 bridgehead atoms. The first-order chi connectivity index (χ1) is 6.58. The summed E-state index contributed by atoms with van der Waals surface area (Å²) >= 11 is 1.18. The molecule has 0 radical (unpaired) electrons. The number of hydrogen-bond acceptors (Lipinski definition) is 4. The van der Waals surface area contributed by atoms with Crippen LogP contribution in [-0.2, 0) is 0 Å². The Balaban J connectivity index is 2.76. The predicted octanol–water partition coefficient (Wildman–Crippen LogP) is 2.01. The molecule has 0 aliphatic carbocycles. The Morgan fingerprint density at radius 3 is 2.79 bits per heavy atom. The second kappa shape index (κ2) is 3.02. The summed E-state index contributed by atoms with van der Waals surface area (Å²) in [5, 5.41) is 9.64. The maximum Gasteiger partial charge on any atom is 0.345 e. The van der Waals surface area contributed by atoms with Crippen LogP contribution in [0.3, 0.4) is 0 Å². The fraction of sp³-hybridized carbons (Fsp3) is 0.222. The zero-order valence-corrected chi connectivity index (χ0v) is 8.55. The summed E-state index contributed by atoms with van der Waals surface area (Å²) in [4.78, 5) is 20.1. The molecule has 2 rings (SSSR count). The zero-order valence-electron chi connectivity index (χ0n) is 7.74. The fourth-order valence-corrected chi connectivity index (χ4v) is 2.27. The number of rotatable bonds is 1. The average Bonchev–Trinajstić information content (AvgIpc) is 2.47. The first-order valence-electron chi connectivity index (χ1n) is 4.06. The summed E-state index contributed by atoms with van der Waals surface area (Å²) in [6.07, 6.45) is 0. The van der Waals surface area contributed by atoms with Gasteiger partial charge in [-0.25, -0.2) is 14.8 Å². The van der Waals surface area contributed by atoms with Crippen LogP contribution in [0, 0.1) is 13.8 Å². The van der Waals surface area contributed by atoms with Crippen LogP contribution in [0.25, 0.3) is 10.2 Å². The van der Waals surface area contributed by atoms with E-state index in [0.29, 0.717) is 10.7 Å². The highest BCUT2D eigenvalue weighted by Gasteiger charge is 2.11. The van der Waals surface area contributed by atoms with Crippen LogP contribution in [-0.4, -0.2) is 21.0 Å². The maximum absolute atomic E-state index is 10.7. The number of aromatic carboxylic acids is 1. The van der Waals surface area contributed by atoms with E-state index in [1.165, 1.54) is 11.3 Å². The molecule has 0 atom stereocenters. The molecule has 0 spiro atoms. The lowest BCUT2D eigenvalue weighted by atomic mass is 10.3. The van der Waals surface area contributed by atoms with E-state index in [-0.39, 0.29) is 0 Å². The van der Waals surface area contributed by atoms with Gasteiger partial charge in [0.25, 0.3) is 0 Å². The number of carboxylic acids is 1. The quantitative estimate of drug-likeness (QED) is 0.778. The zero-order chi connectivity index (χ0) is 10.3. The van der Waals surface area contributed by atoms with E-state index in [1.807, 2.05) is 6.92 Å². The molecular weight excluding hydrogens is 200 g/mol. The summed E-state index contributed by atoms with van der Waals surface area (Å²) in [6, 6.07) is 1.62. The van der Waals surface area contributed by atoms with Crippen LogP contribution in [0.15, 0.2) is 6.07 Å². The number of carbonyl (C=O) groups is 1. The number of carboxylic acid groups (broad SMARTS) is 1. The number of thiophene rings is 1. The molecule has 0 aromatic carbocycles. The second-order valence-electron chi connectivity index (χ2n) is 2.99. The van der Waals surface area contributed by atoms with Gasteiger partial charge in [-0.2, -0.15) is 0 Å². The van der Waals surface area contributed by atoms with Gasteiger partial charge in [-0.15, -0.1) is 11.3 Å². The van der Waals surface area contributed by atoms with Crippen molar-refractivity contribution in [1.29, 1.82) is 0 Å². The van der Waals surface area contributed by atoms with Crippen molar-refractivity contribution in [3.8, 4) is 0 Å². The maximum atomic E-state index is 10.7. The SMILES string of the molecule is Cc1nc(C)c2cc(C(=O)O)sc2n1. The topological polar surface area (TPSA) is 63.1 Å². The first-order valence-corrected chi connectivity index (χ1v) is 4.87. The van der Waals surface area contributed by atoms with Crippen LogP contribution < -0.4 is 0 Å². The predicted molar refractivity (Wildman–Crippen MR) is 53.8 cm³/mol. The molecule has 2 heterocycles. The van der Waals surface area contributed by atoms with Gasteiger partial charge in [-0.1, -0.05) is 0 Å². The van der Waals surface area contributed by atoms with Crippen molar-refractivity contribution >= 4 is 27.5 Å². The summed E-state index contributed by atoms with van der Waals surface area (Å²) in [5.74, 6) is -0.237. The molecule has 0 amide bonds. The summed E-state index contributed by atoms with van der Waals surface area (Å²) in [6.45, 7) is 3.65. The van der Waals surface area contributed by atoms with Crippen LogP contribution in [0.5, 0.6) is 0 Å². The van der Waals surface area contributed by atoms with E-state index >= 15 is 0 Å². The molecule has 0 saturated heterocycles. The molecule has 0 unspecified atom stereocenters. The molecule has 2 aromatic rings. The Hall–Kier alpha value is -1.49. The Kier molecular flexibility index (Phi) is 1.96. The Labute approximate surface area is 84.2 Å². The Morgan fingerprint density at radius 2 is 2.14 bits per heavy atom. The van der Waals surface area contributed by atoms with Gasteiger partial charge in [-0.05, 0) is 19.9 Å². The molecule has 5 heteroatoms. The van der Waals surface area contributed by atoms with E-state index in [4.69, 9.17) is 5.11 Å². The molecular formula is C9H8N2O2S. The minimum absolute atomic E-state index is 0.308. The molecule has 72 valence electrons. The van der Waals surface area contributed by atoms with Gasteiger partial charge in [0.15, 0.2) is 0 Å². The van der Waals surface area contributed by atoms with Crippen LogP contribution in [0.4, 0.5) is 0 Å². The third kappa shape index (κ3) is 1.35. The monoisotopic (exact) mass is 208 g/mol. The number of aryl methyl sites for hydroxylation is 2. The lowest BCUT2D eigenvalue weighted by molar-refractivity contribution is 0.0702. The molecule has 1 N–H and O–H groups in total. The first kappa shape index (κ1) is 9.08. The molecule has 14 heavy (non-hydrogen) atoms. The van der Waals surface area contributed by atoms with Gasteiger partial charge in [0, 0.05) is 11.1 Å². The third-order valence-electron chi connectivity index (χ3n) is 1.91. The molecule has 2 aromatic heterocycles. The van der Waals surface area contributed by atoms with Gasteiger partial charge in [0.1, 0.15) is 15.5 Å². The number of nitrogens with zero attached hydrogens (tertiary/aromatic N) is 2. The Morgan fingerprint density at radius 1 is 1.43 bits per heavy atom. The summed E-state index contributed by atoms with van der Waals surface area (Å²) in [5.41, 5.74) is 0.830. The van der Waals surface area contributed by atoms with Crippen molar-refractivity contribution in [2.24, 2.45) is 0 Å². The molecule has 0 saturated carbocycles. The molecule has 0 fully saturated rings. The number of hydrogen-bond donors (Lipinski definition) is 1. The summed E-state index contributed by atoms with van der Waals surface area (Å²) in [7, 11) is 0. The Bertz CT molecular complexity index is 519. The minimum atomic E-state index is -0.912. The van der Waals surface area contributed by atoms with E-state index in [9.17, 15) is 4.79 Å². The van der Waals surface area contributed by atoms with E-state index in [1.54, 1.807) is 13.0 Å². The third-order valence-corrected chi connectivity index (χ3v) is 2.92. The van der Waals surface area contributed by atoms with Crippen molar-refractivity contribution in [2.75, 3.05) is 0 Å². The normalized spacial score (nSPS) is 10.7. The minimum Gasteiger partial charge on any atom is -0.477 e. The van der Waals surface area contributed by atoms with E-state index in [2.05, 4.69) is 9.97 Å². The second-order valence-corrected chi connectivity index (χ2v) is 4.02. The smallest absolute Gasteiger partial charge is 0.345 e. The molecule has 0 aliphatic heterocycles.